The van der Waals surface area contributed by atoms with Gasteiger partial charge in [-0.15, -0.1) is 0 Å². The molecule has 1 atom stereocenters. The van der Waals surface area contributed by atoms with Crippen LogP contribution in [0.1, 0.15) is 44.9 Å². The lowest BCUT2D eigenvalue weighted by Crippen LogP contribution is -2.38. The molecule has 128 valence electrons. The molecule has 1 amide bonds. The number of hydrogen-bond acceptors (Lipinski definition) is 2. The molecule has 4 heteroatoms. The first-order chi connectivity index (χ1) is 11.3. The van der Waals surface area contributed by atoms with Crippen molar-refractivity contribution in [2.75, 3.05) is 0 Å². The Morgan fingerprint density at radius 1 is 1.08 bits per heavy atom. The van der Waals surface area contributed by atoms with Gasteiger partial charge in [0, 0.05) is 11.6 Å². The molecule has 0 fully saturated rings. The standard InChI is InChI=1S/C20H24ClNO2/c1-15(17-10-12-18(21)13-11-17)22(19(23)24-20(2,3)4)14-16-8-6-5-7-9-16/h5-13,15H,14H2,1-4H3. The molecule has 3 nitrogen and oxygen atoms in total. The van der Waals surface area contributed by atoms with Crippen molar-refractivity contribution in [1.29, 1.82) is 0 Å². The van der Waals surface area contributed by atoms with Gasteiger partial charge in [-0.3, -0.25) is 4.90 Å². The summed E-state index contributed by atoms with van der Waals surface area (Å²) in [6.07, 6.45) is -0.325. The molecule has 24 heavy (non-hydrogen) atoms. The highest BCUT2D eigenvalue weighted by molar-refractivity contribution is 6.30. The highest BCUT2D eigenvalue weighted by Gasteiger charge is 2.27. The van der Waals surface area contributed by atoms with E-state index in [1.807, 2.05) is 82.3 Å². The molecule has 0 aliphatic carbocycles. The van der Waals surface area contributed by atoms with Crippen LogP contribution < -0.4 is 0 Å². The van der Waals surface area contributed by atoms with E-state index in [9.17, 15) is 4.79 Å². The molecule has 0 bridgehead atoms. The predicted molar refractivity (Wildman–Crippen MR) is 98.1 cm³/mol. The lowest BCUT2D eigenvalue weighted by Gasteiger charge is -2.32. The topological polar surface area (TPSA) is 29.5 Å². The maximum atomic E-state index is 12.7. The molecule has 0 radical (unpaired) electrons. The van der Waals surface area contributed by atoms with Crippen molar-refractivity contribution >= 4 is 17.7 Å². The lowest BCUT2D eigenvalue weighted by molar-refractivity contribution is 0.0153. The number of nitrogens with zero attached hydrogens (tertiary/aromatic N) is 1. The monoisotopic (exact) mass is 345 g/mol. The second kappa shape index (κ2) is 7.71. The first-order valence-corrected chi connectivity index (χ1v) is 8.43. The quantitative estimate of drug-likeness (QED) is 0.696. The summed E-state index contributed by atoms with van der Waals surface area (Å²) in [4.78, 5) is 14.5. The van der Waals surface area contributed by atoms with Crippen LogP contribution in [0.4, 0.5) is 4.79 Å². The second-order valence-electron chi connectivity index (χ2n) is 6.82. The highest BCUT2D eigenvalue weighted by Crippen LogP contribution is 2.26. The third kappa shape index (κ3) is 5.27. The molecule has 0 N–H and O–H groups in total. The molecule has 0 aliphatic rings. The second-order valence-corrected chi connectivity index (χ2v) is 7.26. The molecular formula is C20H24ClNO2. The van der Waals surface area contributed by atoms with Crippen molar-refractivity contribution in [2.24, 2.45) is 0 Å². The Bertz CT molecular complexity index is 662. The minimum absolute atomic E-state index is 0.127. The SMILES string of the molecule is CC(c1ccc(Cl)cc1)N(Cc1ccccc1)C(=O)OC(C)(C)C. The molecule has 0 heterocycles. The van der Waals surface area contributed by atoms with Crippen molar-refractivity contribution < 1.29 is 9.53 Å². The third-order valence-electron chi connectivity index (χ3n) is 3.64. The fraction of sp³-hybridized carbons (Fsp3) is 0.350. The van der Waals surface area contributed by atoms with E-state index < -0.39 is 5.60 Å². The minimum Gasteiger partial charge on any atom is -0.444 e. The van der Waals surface area contributed by atoms with Crippen molar-refractivity contribution in [3.63, 3.8) is 0 Å². The van der Waals surface area contributed by atoms with Crippen molar-refractivity contribution in [1.82, 2.24) is 4.90 Å². The molecule has 0 spiro atoms. The summed E-state index contributed by atoms with van der Waals surface area (Å²) < 4.78 is 5.60. The normalized spacial score (nSPS) is 12.5. The van der Waals surface area contributed by atoms with E-state index in [1.54, 1.807) is 4.90 Å². The Morgan fingerprint density at radius 3 is 2.21 bits per heavy atom. The van der Waals surface area contributed by atoms with Gasteiger partial charge in [0.2, 0.25) is 0 Å². The van der Waals surface area contributed by atoms with E-state index in [0.29, 0.717) is 11.6 Å². The Balaban J connectivity index is 2.27. The van der Waals surface area contributed by atoms with Crippen LogP contribution in [0.15, 0.2) is 54.6 Å². The number of ether oxygens (including phenoxy) is 1. The first-order valence-electron chi connectivity index (χ1n) is 8.05. The van der Waals surface area contributed by atoms with Gasteiger partial charge < -0.3 is 4.74 Å². The Labute approximate surface area is 149 Å². The molecule has 0 aliphatic heterocycles. The van der Waals surface area contributed by atoms with Crippen molar-refractivity contribution in [3.05, 3.63) is 70.7 Å². The smallest absolute Gasteiger partial charge is 0.411 e. The van der Waals surface area contributed by atoms with Gasteiger partial charge in [-0.2, -0.15) is 0 Å². The van der Waals surface area contributed by atoms with Crippen LogP contribution in [0, 0.1) is 0 Å². The van der Waals surface area contributed by atoms with Gasteiger partial charge in [-0.25, -0.2) is 4.79 Å². The van der Waals surface area contributed by atoms with Crippen LogP contribution in [0.3, 0.4) is 0 Å². The molecule has 0 aromatic heterocycles. The van der Waals surface area contributed by atoms with Crippen LogP contribution in [0.5, 0.6) is 0 Å². The summed E-state index contributed by atoms with van der Waals surface area (Å²) in [5, 5.41) is 0.679. The van der Waals surface area contributed by atoms with E-state index in [-0.39, 0.29) is 12.1 Å². The molecule has 0 saturated carbocycles. The number of carbonyl (C=O) groups excluding carboxylic acids is 1. The summed E-state index contributed by atoms with van der Waals surface area (Å²) >= 11 is 5.97. The van der Waals surface area contributed by atoms with Crippen LogP contribution in [0.2, 0.25) is 5.02 Å². The van der Waals surface area contributed by atoms with Gasteiger partial charge in [-0.1, -0.05) is 54.1 Å². The fourth-order valence-corrected chi connectivity index (χ4v) is 2.51. The van der Waals surface area contributed by atoms with Crippen LogP contribution in [-0.2, 0) is 11.3 Å². The predicted octanol–water partition coefficient (Wildman–Crippen LogP) is 5.84. The molecule has 0 saturated heterocycles. The third-order valence-corrected chi connectivity index (χ3v) is 3.90. The van der Waals surface area contributed by atoms with E-state index in [0.717, 1.165) is 11.1 Å². The number of rotatable bonds is 4. The molecule has 1 unspecified atom stereocenters. The summed E-state index contributed by atoms with van der Waals surface area (Å²) in [6.45, 7) is 8.10. The van der Waals surface area contributed by atoms with E-state index >= 15 is 0 Å². The van der Waals surface area contributed by atoms with Gasteiger partial charge in [0.05, 0.1) is 6.04 Å². The average Bonchev–Trinajstić information content (AvgIpc) is 2.52. The van der Waals surface area contributed by atoms with Crippen LogP contribution >= 0.6 is 11.6 Å². The van der Waals surface area contributed by atoms with Crippen molar-refractivity contribution in [3.8, 4) is 0 Å². The Morgan fingerprint density at radius 2 is 1.67 bits per heavy atom. The summed E-state index contributed by atoms with van der Waals surface area (Å²) in [7, 11) is 0. The number of hydrogen-bond donors (Lipinski definition) is 0. The molecular weight excluding hydrogens is 322 g/mol. The highest BCUT2D eigenvalue weighted by atomic mass is 35.5. The van der Waals surface area contributed by atoms with Crippen molar-refractivity contribution in [2.45, 2.75) is 45.9 Å². The van der Waals surface area contributed by atoms with E-state index in [4.69, 9.17) is 16.3 Å². The van der Waals surface area contributed by atoms with Gasteiger partial charge in [0.25, 0.3) is 0 Å². The average molecular weight is 346 g/mol. The summed E-state index contributed by atoms with van der Waals surface area (Å²) in [5.74, 6) is 0. The van der Waals surface area contributed by atoms with Gasteiger partial charge in [-0.05, 0) is 51.0 Å². The molecule has 2 aromatic rings. The number of carbonyl (C=O) groups is 1. The van der Waals surface area contributed by atoms with E-state index in [1.165, 1.54) is 0 Å². The lowest BCUT2D eigenvalue weighted by atomic mass is 10.1. The molecule has 2 rings (SSSR count). The molecule has 2 aromatic carbocycles. The first kappa shape index (κ1) is 18.3. The maximum Gasteiger partial charge on any atom is 0.411 e. The Kier molecular flexibility index (Phi) is 5.89. The zero-order valence-corrected chi connectivity index (χ0v) is 15.4. The number of benzene rings is 2. The minimum atomic E-state index is -0.536. The van der Waals surface area contributed by atoms with Gasteiger partial charge in [0.15, 0.2) is 0 Å². The van der Waals surface area contributed by atoms with Crippen LogP contribution in [0.25, 0.3) is 0 Å². The maximum absolute atomic E-state index is 12.7. The largest absolute Gasteiger partial charge is 0.444 e. The summed E-state index contributed by atoms with van der Waals surface area (Å²) in [6, 6.07) is 17.3. The van der Waals surface area contributed by atoms with Gasteiger partial charge >= 0.3 is 6.09 Å². The number of amides is 1. The van der Waals surface area contributed by atoms with E-state index in [2.05, 4.69) is 0 Å². The zero-order chi connectivity index (χ0) is 17.7. The fourth-order valence-electron chi connectivity index (χ4n) is 2.38. The summed E-state index contributed by atoms with van der Waals surface area (Å²) in [5.41, 5.74) is 1.54. The zero-order valence-electron chi connectivity index (χ0n) is 14.6. The number of halogens is 1. The Hall–Kier alpha value is -2.00. The van der Waals surface area contributed by atoms with Crippen LogP contribution in [-0.4, -0.2) is 16.6 Å². The van der Waals surface area contributed by atoms with Gasteiger partial charge in [0.1, 0.15) is 5.60 Å².